The molecule has 0 spiro atoms. The lowest BCUT2D eigenvalue weighted by atomic mass is 10.1. The summed E-state index contributed by atoms with van der Waals surface area (Å²) >= 11 is 0. The molecule has 5 heterocycles. The van der Waals surface area contributed by atoms with E-state index in [1.807, 2.05) is 6.07 Å². The van der Waals surface area contributed by atoms with E-state index in [9.17, 15) is 4.79 Å². The topological polar surface area (TPSA) is 94.7 Å². The number of hydrogen-bond donors (Lipinski definition) is 1. The highest BCUT2D eigenvalue weighted by atomic mass is 16.5. The van der Waals surface area contributed by atoms with Gasteiger partial charge < -0.3 is 24.1 Å². The van der Waals surface area contributed by atoms with Gasteiger partial charge in [-0.15, -0.1) is 0 Å². The number of nitrogens with one attached hydrogen (secondary N) is 1. The van der Waals surface area contributed by atoms with Crippen LogP contribution in [0, 0.1) is 0 Å². The third-order valence-corrected chi connectivity index (χ3v) is 5.02. The Hall–Kier alpha value is -2.91. The van der Waals surface area contributed by atoms with E-state index in [0.29, 0.717) is 48.1 Å². The molecule has 9 nitrogen and oxygen atoms in total. The van der Waals surface area contributed by atoms with Gasteiger partial charge in [0.15, 0.2) is 5.58 Å². The van der Waals surface area contributed by atoms with E-state index >= 15 is 0 Å². The van der Waals surface area contributed by atoms with Crippen molar-refractivity contribution in [3.63, 3.8) is 0 Å². The zero-order chi connectivity index (χ0) is 19.1. The molecule has 1 N–H and O–H groups in total. The molecule has 3 aromatic rings. The third-order valence-electron chi connectivity index (χ3n) is 5.02. The number of oxazole rings is 1. The number of anilines is 1. The summed E-state index contributed by atoms with van der Waals surface area (Å²) in [5, 5.41) is 7.76. The van der Waals surface area contributed by atoms with Gasteiger partial charge in [-0.1, -0.05) is 0 Å². The van der Waals surface area contributed by atoms with Crippen molar-refractivity contribution in [3.8, 4) is 5.69 Å². The van der Waals surface area contributed by atoms with E-state index in [-0.39, 0.29) is 12.1 Å². The predicted octanol–water partition coefficient (Wildman–Crippen LogP) is 1.37. The summed E-state index contributed by atoms with van der Waals surface area (Å²) in [6.07, 6.45) is 3.58. The number of hydrogen-bond acceptors (Lipinski definition) is 8. The van der Waals surface area contributed by atoms with Gasteiger partial charge >= 0.3 is 5.97 Å². The second kappa shape index (κ2) is 6.92. The monoisotopic (exact) mass is 383 g/mol. The van der Waals surface area contributed by atoms with Crippen LogP contribution >= 0.6 is 0 Å². The van der Waals surface area contributed by atoms with Crippen molar-refractivity contribution in [1.82, 2.24) is 20.1 Å². The van der Waals surface area contributed by atoms with Crippen molar-refractivity contribution >= 4 is 23.1 Å². The van der Waals surface area contributed by atoms with E-state index in [1.54, 1.807) is 36.1 Å². The van der Waals surface area contributed by atoms with Gasteiger partial charge in [0.25, 0.3) is 6.01 Å². The summed E-state index contributed by atoms with van der Waals surface area (Å²) in [6, 6.07) is 6.01. The van der Waals surface area contributed by atoms with Crippen LogP contribution in [-0.2, 0) is 9.47 Å². The highest BCUT2D eigenvalue weighted by molar-refractivity contribution is 5.96. The summed E-state index contributed by atoms with van der Waals surface area (Å²) in [5.74, 6) is -0.396. The number of morpholine rings is 1. The highest BCUT2D eigenvalue weighted by Crippen LogP contribution is 2.30. The molecule has 0 aliphatic carbocycles. The molecular weight excluding hydrogens is 362 g/mol. The number of ether oxygens (including phenoxy) is 2. The second-order valence-electron chi connectivity index (χ2n) is 6.98. The average Bonchev–Trinajstić information content (AvgIpc) is 3.30. The summed E-state index contributed by atoms with van der Waals surface area (Å²) in [6.45, 7) is 5.06. The Morgan fingerprint density at radius 3 is 3.07 bits per heavy atom. The van der Waals surface area contributed by atoms with Gasteiger partial charge in [-0.05, 0) is 25.1 Å². The van der Waals surface area contributed by atoms with Crippen LogP contribution in [-0.4, -0.2) is 65.7 Å². The van der Waals surface area contributed by atoms with Crippen molar-refractivity contribution in [3.05, 3.63) is 36.2 Å². The number of benzene rings is 1. The summed E-state index contributed by atoms with van der Waals surface area (Å²) in [5.41, 5.74) is 2.24. The fraction of sp³-hybridized carbons (Fsp3) is 0.421. The van der Waals surface area contributed by atoms with Gasteiger partial charge in [0.05, 0.1) is 24.9 Å². The fourth-order valence-corrected chi connectivity index (χ4v) is 3.70. The van der Waals surface area contributed by atoms with Gasteiger partial charge in [0.2, 0.25) is 0 Å². The van der Waals surface area contributed by atoms with Gasteiger partial charge in [0, 0.05) is 38.1 Å². The molecule has 1 aromatic carbocycles. The van der Waals surface area contributed by atoms with Gasteiger partial charge in [0.1, 0.15) is 11.2 Å². The molecule has 146 valence electrons. The predicted molar refractivity (Wildman–Crippen MR) is 101 cm³/mol. The number of carbonyl (C=O) groups is 1. The smallest absolute Gasteiger partial charge is 0.338 e. The van der Waals surface area contributed by atoms with Crippen LogP contribution in [0.5, 0.6) is 0 Å². The Balaban J connectivity index is 1.59. The van der Waals surface area contributed by atoms with Crippen molar-refractivity contribution < 1.29 is 18.7 Å². The van der Waals surface area contributed by atoms with E-state index in [2.05, 4.69) is 20.3 Å². The number of nitrogens with zero attached hydrogens (tertiary/aromatic N) is 4. The molecule has 0 radical (unpaired) electrons. The largest absolute Gasteiger partial charge is 0.462 e. The maximum atomic E-state index is 12.3. The van der Waals surface area contributed by atoms with Crippen LogP contribution in [0.1, 0.15) is 17.3 Å². The number of aromatic nitrogens is 3. The number of fused-ring (bicyclic) bond motifs is 5. The number of rotatable bonds is 4. The molecule has 0 amide bonds. The first-order chi connectivity index (χ1) is 13.7. The zero-order valence-corrected chi connectivity index (χ0v) is 15.5. The molecule has 28 heavy (non-hydrogen) atoms. The molecule has 2 bridgehead atoms. The first-order valence-electron chi connectivity index (χ1n) is 9.43. The lowest BCUT2D eigenvalue weighted by molar-refractivity contribution is 0.0258. The molecule has 3 saturated heterocycles. The Labute approximate surface area is 161 Å². The van der Waals surface area contributed by atoms with E-state index in [4.69, 9.17) is 13.9 Å². The second-order valence-corrected chi connectivity index (χ2v) is 6.98. The SMILES string of the molecule is CCOC(=O)c1cc(-n2cccn2)c2oc(N3CC4COC(CN4)C3)nc2c1. The van der Waals surface area contributed by atoms with Crippen molar-refractivity contribution in [2.75, 3.05) is 37.7 Å². The lowest BCUT2D eigenvalue weighted by Crippen LogP contribution is -2.45. The molecule has 2 atom stereocenters. The summed E-state index contributed by atoms with van der Waals surface area (Å²) in [7, 11) is 0. The average molecular weight is 383 g/mol. The minimum absolute atomic E-state index is 0.106. The van der Waals surface area contributed by atoms with Gasteiger partial charge in [-0.3, -0.25) is 0 Å². The molecule has 2 unspecified atom stereocenters. The molecule has 3 aliphatic heterocycles. The number of esters is 1. The first kappa shape index (κ1) is 17.2. The molecular formula is C19H21N5O4. The van der Waals surface area contributed by atoms with E-state index in [0.717, 1.165) is 13.1 Å². The minimum Gasteiger partial charge on any atom is -0.462 e. The van der Waals surface area contributed by atoms with Crippen LogP contribution in [0.3, 0.4) is 0 Å². The zero-order valence-electron chi connectivity index (χ0n) is 15.5. The third kappa shape index (κ3) is 3.02. The molecule has 6 rings (SSSR count). The van der Waals surface area contributed by atoms with Gasteiger partial charge in [-0.25, -0.2) is 9.48 Å². The maximum Gasteiger partial charge on any atom is 0.338 e. The Kier molecular flexibility index (Phi) is 4.25. The Morgan fingerprint density at radius 2 is 2.32 bits per heavy atom. The number of carbonyl (C=O) groups excluding carboxylic acids is 1. The molecule has 9 heteroatoms. The Bertz CT molecular complexity index is 977. The van der Waals surface area contributed by atoms with E-state index in [1.165, 1.54) is 0 Å². The molecule has 2 aromatic heterocycles. The van der Waals surface area contributed by atoms with E-state index < -0.39 is 5.97 Å². The van der Waals surface area contributed by atoms with Crippen LogP contribution in [0.25, 0.3) is 16.8 Å². The van der Waals surface area contributed by atoms with Crippen LogP contribution in [0.4, 0.5) is 6.01 Å². The highest BCUT2D eigenvalue weighted by Gasteiger charge is 2.32. The molecule has 3 fully saturated rings. The fourth-order valence-electron chi connectivity index (χ4n) is 3.70. The summed E-state index contributed by atoms with van der Waals surface area (Å²) in [4.78, 5) is 19.1. The summed E-state index contributed by atoms with van der Waals surface area (Å²) < 4.78 is 18.8. The van der Waals surface area contributed by atoms with Crippen LogP contribution in [0.15, 0.2) is 35.0 Å². The van der Waals surface area contributed by atoms with Crippen molar-refractivity contribution in [2.45, 2.75) is 19.1 Å². The van der Waals surface area contributed by atoms with Crippen LogP contribution in [0.2, 0.25) is 0 Å². The lowest BCUT2D eigenvalue weighted by Gasteiger charge is -2.23. The Morgan fingerprint density at radius 1 is 1.39 bits per heavy atom. The first-order valence-corrected chi connectivity index (χ1v) is 9.43. The van der Waals surface area contributed by atoms with Crippen molar-refractivity contribution in [1.29, 1.82) is 0 Å². The maximum absolute atomic E-state index is 12.3. The van der Waals surface area contributed by atoms with Crippen molar-refractivity contribution in [2.24, 2.45) is 0 Å². The quantitative estimate of drug-likeness (QED) is 0.675. The van der Waals surface area contributed by atoms with Gasteiger partial charge in [-0.2, -0.15) is 10.1 Å². The van der Waals surface area contributed by atoms with Crippen LogP contribution < -0.4 is 10.2 Å². The molecule has 3 aliphatic rings. The minimum atomic E-state index is -0.396. The molecule has 0 saturated carbocycles. The standard InChI is InChI=1S/C19H21N5O4/c1-2-26-18(25)12-6-15-17(16(7-12)24-5-3-4-21-24)28-19(22-15)23-9-13-11-27-14(10-23)8-20-13/h3-7,13-14,20H,2,8-11H2,1H3. The normalized spacial score (nSPS) is 21.8.